The van der Waals surface area contributed by atoms with Crippen LogP contribution in [0.25, 0.3) is 22.4 Å². The van der Waals surface area contributed by atoms with E-state index in [0.717, 1.165) is 22.4 Å². The molecular formula is C14H12N4S. The van der Waals surface area contributed by atoms with Crippen LogP contribution < -0.4 is 0 Å². The molecule has 0 amide bonds. The first kappa shape index (κ1) is 11.8. The molecule has 0 aliphatic carbocycles. The third-order valence-electron chi connectivity index (χ3n) is 2.90. The number of H-pyrrole nitrogens is 1. The lowest BCUT2D eigenvalue weighted by atomic mass is 10.2. The van der Waals surface area contributed by atoms with Gasteiger partial charge < -0.3 is 0 Å². The minimum absolute atomic E-state index is 0.574. The van der Waals surface area contributed by atoms with Crippen LogP contribution in [-0.2, 0) is 6.54 Å². The molecule has 5 heteroatoms. The fraction of sp³-hybridized carbons (Fsp3) is 0.0714. The van der Waals surface area contributed by atoms with Crippen molar-refractivity contribution in [2.75, 3.05) is 0 Å². The Morgan fingerprint density at radius 3 is 2.95 bits per heavy atom. The molecule has 1 N–H and O–H groups in total. The maximum atomic E-state index is 5.20. The second-order valence-corrected chi connectivity index (χ2v) is 4.53. The zero-order chi connectivity index (χ0) is 13.2. The van der Waals surface area contributed by atoms with Gasteiger partial charge in [-0.15, -0.1) is 6.58 Å². The molecule has 0 fully saturated rings. The summed E-state index contributed by atoms with van der Waals surface area (Å²) in [5.41, 5.74) is 1.74. The number of para-hydroxylation sites is 1. The number of allylic oxidation sites excluding steroid dienone is 1. The largest absolute Gasteiger partial charge is 0.295 e. The molecule has 0 aliphatic rings. The Hall–Kier alpha value is -2.27. The van der Waals surface area contributed by atoms with Crippen LogP contribution >= 0.6 is 12.2 Å². The second-order valence-electron chi connectivity index (χ2n) is 4.14. The highest BCUT2D eigenvalue weighted by atomic mass is 32.1. The smallest absolute Gasteiger partial charge is 0.195 e. The van der Waals surface area contributed by atoms with Gasteiger partial charge in [0, 0.05) is 11.9 Å². The van der Waals surface area contributed by atoms with E-state index in [2.05, 4.69) is 21.8 Å². The van der Waals surface area contributed by atoms with Gasteiger partial charge in [0.05, 0.1) is 5.52 Å². The van der Waals surface area contributed by atoms with E-state index < -0.39 is 0 Å². The van der Waals surface area contributed by atoms with Gasteiger partial charge in [0.2, 0.25) is 0 Å². The van der Waals surface area contributed by atoms with Crippen molar-refractivity contribution in [1.29, 1.82) is 0 Å². The second kappa shape index (κ2) is 4.78. The van der Waals surface area contributed by atoms with Gasteiger partial charge in [-0.25, -0.2) is 4.98 Å². The highest BCUT2D eigenvalue weighted by Gasteiger charge is 2.09. The average molecular weight is 268 g/mol. The van der Waals surface area contributed by atoms with Crippen LogP contribution in [0.1, 0.15) is 0 Å². The third-order valence-corrected chi connectivity index (χ3v) is 3.21. The van der Waals surface area contributed by atoms with Crippen molar-refractivity contribution >= 4 is 23.1 Å². The van der Waals surface area contributed by atoms with E-state index in [1.165, 1.54) is 0 Å². The maximum Gasteiger partial charge on any atom is 0.195 e. The number of pyridine rings is 1. The molecule has 3 rings (SSSR count). The molecule has 2 aromatic heterocycles. The number of rotatable bonds is 3. The topological polar surface area (TPSA) is 46.5 Å². The summed E-state index contributed by atoms with van der Waals surface area (Å²) in [6, 6.07) is 12.0. The minimum Gasteiger partial charge on any atom is -0.295 e. The monoisotopic (exact) mass is 268 g/mol. The molecule has 94 valence electrons. The van der Waals surface area contributed by atoms with Crippen molar-refractivity contribution < 1.29 is 0 Å². The molecule has 2 heterocycles. The maximum absolute atomic E-state index is 5.20. The Morgan fingerprint density at radius 1 is 1.26 bits per heavy atom. The van der Waals surface area contributed by atoms with Crippen LogP contribution in [0.2, 0.25) is 0 Å². The van der Waals surface area contributed by atoms with Crippen LogP contribution in [0, 0.1) is 4.77 Å². The average Bonchev–Trinajstić information content (AvgIpc) is 2.80. The number of fused-ring (bicyclic) bond motifs is 1. The van der Waals surface area contributed by atoms with Gasteiger partial charge in [0.1, 0.15) is 5.69 Å². The van der Waals surface area contributed by atoms with Gasteiger partial charge in [-0.2, -0.15) is 5.10 Å². The van der Waals surface area contributed by atoms with Crippen molar-refractivity contribution in [2.24, 2.45) is 0 Å². The molecule has 0 saturated carbocycles. The molecule has 0 aliphatic heterocycles. The van der Waals surface area contributed by atoms with E-state index in [0.29, 0.717) is 11.3 Å². The molecule has 19 heavy (non-hydrogen) atoms. The van der Waals surface area contributed by atoms with E-state index in [-0.39, 0.29) is 0 Å². The van der Waals surface area contributed by atoms with Gasteiger partial charge in [-0.1, -0.05) is 30.3 Å². The molecule has 3 aromatic rings. The van der Waals surface area contributed by atoms with Crippen molar-refractivity contribution in [3.8, 4) is 11.5 Å². The number of aromatic amines is 1. The zero-order valence-electron chi connectivity index (χ0n) is 10.2. The quantitative estimate of drug-likeness (QED) is 0.585. The summed E-state index contributed by atoms with van der Waals surface area (Å²) >= 11 is 5.20. The first-order valence-corrected chi connectivity index (χ1v) is 6.32. The van der Waals surface area contributed by atoms with Gasteiger partial charge in [0.25, 0.3) is 0 Å². The summed E-state index contributed by atoms with van der Waals surface area (Å²) in [6.07, 6.45) is 1.79. The predicted octanol–water partition coefficient (Wildman–Crippen LogP) is 3.34. The number of benzene rings is 1. The van der Waals surface area contributed by atoms with Crippen molar-refractivity contribution in [2.45, 2.75) is 6.54 Å². The van der Waals surface area contributed by atoms with E-state index >= 15 is 0 Å². The lowest BCUT2D eigenvalue weighted by molar-refractivity contribution is 0.811. The lowest BCUT2D eigenvalue weighted by Gasteiger charge is -2.04. The van der Waals surface area contributed by atoms with E-state index in [4.69, 9.17) is 12.2 Å². The lowest BCUT2D eigenvalue weighted by Crippen LogP contribution is -1.99. The van der Waals surface area contributed by atoms with Gasteiger partial charge >= 0.3 is 0 Å². The highest BCUT2D eigenvalue weighted by molar-refractivity contribution is 7.71. The summed E-state index contributed by atoms with van der Waals surface area (Å²) in [7, 11) is 0. The zero-order valence-corrected chi connectivity index (χ0v) is 11.0. The van der Waals surface area contributed by atoms with Gasteiger partial charge in [0.15, 0.2) is 10.6 Å². The summed E-state index contributed by atoms with van der Waals surface area (Å²) in [6.45, 7) is 4.34. The Kier molecular flexibility index (Phi) is 2.97. The fourth-order valence-corrected chi connectivity index (χ4v) is 2.21. The minimum atomic E-state index is 0.574. The molecule has 0 saturated heterocycles. The summed E-state index contributed by atoms with van der Waals surface area (Å²) in [5.74, 6) is 0.732. The van der Waals surface area contributed by atoms with Crippen molar-refractivity contribution in [3.05, 3.63) is 53.8 Å². The van der Waals surface area contributed by atoms with Crippen LogP contribution in [0.15, 0.2) is 49.1 Å². The number of aromatic nitrogens is 4. The molecular weight excluding hydrogens is 256 g/mol. The summed E-state index contributed by atoms with van der Waals surface area (Å²) < 4.78 is 2.45. The molecule has 0 atom stereocenters. The molecule has 0 bridgehead atoms. The molecule has 0 radical (unpaired) electrons. The fourth-order valence-electron chi connectivity index (χ4n) is 2.00. The number of nitrogens with zero attached hydrogens (tertiary/aromatic N) is 3. The van der Waals surface area contributed by atoms with Crippen LogP contribution in [-0.4, -0.2) is 19.7 Å². The Labute approximate surface area is 115 Å². The normalized spacial score (nSPS) is 10.7. The Morgan fingerprint density at radius 2 is 2.11 bits per heavy atom. The highest BCUT2D eigenvalue weighted by Crippen LogP contribution is 2.19. The Bertz CT molecular complexity index is 800. The van der Waals surface area contributed by atoms with E-state index in [1.54, 1.807) is 6.08 Å². The van der Waals surface area contributed by atoms with Gasteiger partial charge in [-0.3, -0.25) is 9.67 Å². The Balaban J connectivity index is 2.19. The van der Waals surface area contributed by atoms with Crippen LogP contribution in [0.5, 0.6) is 0 Å². The van der Waals surface area contributed by atoms with Crippen LogP contribution in [0.3, 0.4) is 0 Å². The molecule has 0 spiro atoms. The summed E-state index contributed by atoms with van der Waals surface area (Å²) in [4.78, 5) is 4.62. The standard InChI is InChI=1S/C14H12N4S/c1-2-9-18-13(16-17-14(18)19)12-8-7-10-5-3-4-6-11(10)15-12/h2-8H,1,9H2,(H,17,19). The first-order chi connectivity index (χ1) is 9.29. The number of nitrogens with one attached hydrogen (secondary N) is 1. The van der Waals surface area contributed by atoms with Crippen molar-refractivity contribution in [3.63, 3.8) is 0 Å². The molecule has 0 unspecified atom stereocenters. The van der Waals surface area contributed by atoms with E-state index in [9.17, 15) is 0 Å². The number of hydrogen-bond acceptors (Lipinski definition) is 3. The van der Waals surface area contributed by atoms with E-state index in [1.807, 2.05) is 41.0 Å². The first-order valence-electron chi connectivity index (χ1n) is 5.92. The SMILES string of the molecule is C=CCn1c(-c2ccc3ccccc3n2)n[nH]c1=S. The predicted molar refractivity (Wildman–Crippen MR) is 78.3 cm³/mol. The van der Waals surface area contributed by atoms with Crippen LogP contribution in [0.4, 0.5) is 0 Å². The van der Waals surface area contributed by atoms with Crippen molar-refractivity contribution in [1.82, 2.24) is 19.7 Å². The molecule has 1 aromatic carbocycles. The summed E-state index contributed by atoms with van der Waals surface area (Å²) in [5, 5.41) is 8.15. The number of hydrogen-bond donors (Lipinski definition) is 1. The molecule has 4 nitrogen and oxygen atoms in total. The third kappa shape index (κ3) is 2.08. The van der Waals surface area contributed by atoms with Gasteiger partial charge in [-0.05, 0) is 24.4 Å².